The Balaban J connectivity index is 2.44. The molecular formula is C10H10N4O. The molecule has 2 aromatic rings. The second-order valence-electron chi connectivity index (χ2n) is 3.45. The Bertz CT molecular complexity index is 537. The molecule has 0 amide bonds. The van der Waals surface area contributed by atoms with Gasteiger partial charge in [-0.05, 0) is 19.9 Å². The Morgan fingerprint density at radius 1 is 1.47 bits per heavy atom. The van der Waals surface area contributed by atoms with E-state index in [0.29, 0.717) is 11.3 Å². The van der Waals surface area contributed by atoms with Gasteiger partial charge in [0.1, 0.15) is 12.0 Å². The predicted octanol–water partition coefficient (Wildman–Crippen LogP) is 1.27. The average Bonchev–Trinajstić information content (AvgIpc) is 2.62. The zero-order valence-electron chi connectivity index (χ0n) is 8.51. The van der Waals surface area contributed by atoms with E-state index in [-0.39, 0.29) is 5.78 Å². The number of hydrogen-bond acceptors (Lipinski definition) is 4. The van der Waals surface area contributed by atoms with Gasteiger partial charge in [0.2, 0.25) is 5.78 Å². The van der Waals surface area contributed by atoms with Crippen molar-refractivity contribution in [1.82, 2.24) is 19.6 Å². The SMILES string of the molecule is CC(C)=CC(=O)c1cn2cnnc2cn1. The Morgan fingerprint density at radius 3 is 3.00 bits per heavy atom. The standard InChI is InChI=1S/C10H10N4O/c1-7(2)3-9(15)8-5-14-6-12-13-10(14)4-11-8/h3-6H,1-2H3. The van der Waals surface area contributed by atoms with Gasteiger partial charge in [-0.15, -0.1) is 10.2 Å². The fourth-order valence-corrected chi connectivity index (χ4v) is 1.20. The molecule has 2 rings (SSSR count). The number of ketones is 1. The number of nitrogens with zero attached hydrogens (tertiary/aromatic N) is 4. The lowest BCUT2D eigenvalue weighted by Crippen LogP contribution is -2.01. The molecule has 0 fully saturated rings. The van der Waals surface area contributed by atoms with E-state index in [1.807, 2.05) is 13.8 Å². The molecule has 0 aliphatic heterocycles. The molecule has 5 nitrogen and oxygen atoms in total. The van der Waals surface area contributed by atoms with Crippen LogP contribution >= 0.6 is 0 Å². The number of aromatic nitrogens is 4. The van der Waals surface area contributed by atoms with Crippen molar-refractivity contribution in [2.24, 2.45) is 0 Å². The van der Waals surface area contributed by atoms with E-state index < -0.39 is 0 Å². The zero-order valence-corrected chi connectivity index (χ0v) is 8.51. The van der Waals surface area contributed by atoms with Crippen molar-refractivity contribution in [3.8, 4) is 0 Å². The Morgan fingerprint density at radius 2 is 2.27 bits per heavy atom. The van der Waals surface area contributed by atoms with Crippen LogP contribution in [0.15, 0.2) is 30.4 Å². The van der Waals surface area contributed by atoms with Crippen molar-refractivity contribution in [2.75, 3.05) is 0 Å². The highest BCUT2D eigenvalue weighted by Gasteiger charge is 2.05. The molecule has 0 unspecified atom stereocenters. The molecule has 76 valence electrons. The van der Waals surface area contributed by atoms with Crippen LogP contribution in [0.4, 0.5) is 0 Å². The van der Waals surface area contributed by atoms with Gasteiger partial charge in [0, 0.05) is 6.20 Å². The van der Waals surface area contributed by atoms with Gasteiger partial charge in [0.05, 0.1) is 6.20 Å². The summed E-state index contributed by atoms with van der Waals surface area (Å²) in [6.07, 6.45) is 6.24. The summed E-state index contributed by atoms with van der Waals surface area (Å²) in [6.45, 7) is 3.74. The van der Waals surface area contributed by atoms with Crippen LogP contribution in [0.1, 0.15) is 24.3 Å². The molecule has 0 aliphatic rings. The molecule has 5 heteroatoms. The van der Waals surface area contributed by atoms with Crippen molar-refractivity contribution in [2.45, 2.75) is 13.8 Å². The van der Waals surface area contributed by atoms with Crippen LogP contribution in [0.2, 0.25) is 0 Å². The number of carbonyl (C=O) groups is 1. The van der Waals surface area contributed by atoms with E-state index in [2.05, 4.69) is 15.2 Å². The highest BCUT2D eigenvalue weighted by atomic mass is 16.1. The van der Waals surface area contributed by atoms with Crippen molar-refractivity contribution in [3.05, 3.63) is 36.1 Å². The van der Waals surface area contributed by atoms with Crippen LogP contribution in [0.25, 0.3) is 5.65 Å². The van der Waals surface area contributed by atoms with E-state index in [1.165, 1.54) is 12.5 Å². The van der Waals surface area contributed by atoms with E-state index in [9.17, 15) is 4.79 Å². The fraction of sp³-hybridized carbons (Fsp3) is 0.200. The summed E-state index contributed by atoms with van der Waals surface area (Å²) in [4.78, 5) is 15.6. The van der Waals surface area contributed by atoms with E-state index in [4.69, 9.17) is 0 Å². The third-order valence-electron chi connectivity index (χ3n) is 1.85. The Hall–Kier alpha value is -2.04. The van der Waals surface area contributed by atoms with Crippen molar-refractivity contribution in [3.63, 3.8) is 0 Å². The fourth-order valence-electron chi connectivity index (χ4n) is 1.20. The van der Waals surface area contributed by atoms with Crippen LogP contribution in [-0.4, -0.2) is 25.4 Å². The smallest absolute Gasteiger partial charge is 0.205 e. The molecule has 0 aliphatic carbocycles. The molecule has 2 heterocycles. The van der Waals surface area contributed by atoms with Crippen molar-refractivity contribution < 1.29 is 4.79 Å². The summed E-state index contributed by atoms with van der Waals surface area (Å²) in [5, 5.41) is 7.51. The molecule has 0 atom stereocenters. The number of rotatable bonds is 2. The average molecular weight is 202 g/mol. The minimum Gasteiger partial charge on any atom is -0.287 e. The first-order chi connectivity index (χ1) is 7.16. The largest absolute Gasteiger partial charge is 0.287 e. The molecule has 0 aromatic carbocycles. The van der Waals surface area contributed by atoms with Gasteiger partial charge in [-0.2, -0.15) is 0 Å². The number of fused-ring (bicyclic) bond motifs is 1. The summed E-state index contributed by atoms with van der Waals surface area (Å²) in [5.74, 6) is -0.106. The monoisotopic (exact) mass is 202 g/mol. The van der Waals surface area contributed by atoms with E-state index >= 15 is 0 Å². The highest BCUT2D eigenvalue weighted by Crippen LogP contribution is 2.02. The van der Waals surface area contributed by atoms with Crippen molar-refractivity contribution in [1.29, 1.82) is 0 Å². The van der Waals surface area contributed by atoms with Crippen molar-refractivity contribution >= 4 is 11.4 Å². The lowest BCUT2D eigenvalue weighted by molar-refractivity contribution is 0.104. The molecule has 0 N–H and O–H groups in total. The molecule has 0 radical (unpaired) electrons. The normalized spacial score (nSPS) is 10.3. The summed E-state index contributed by atoms with van der Waals surface area (Å²) < 4.78 is 1.67. The van der Waals surface area contributed by atoms with E-state index in [0.717, 1.165) is 5.57 Å². The van der Waals surface area contributed by atoms with Crippen LogP contribution in [-0.2, 0) is 0 Å². The number of carbonyl (C=O) groups excluding carboxylic acids is 1. The lowest BCUT2D eigenvalue weighted by Gasteiger charge is -1.96. The molecule has 0 saturated carbocycles. The van der Waals surface area contributed by atoms with Gasteiger partial charge in [-0.1, -0.05) is 5.57 Å². The van der Waals surface area contributed by atoms with Gasteiger partial charge in [-0.3, -0.25) is 9.20 Å². The molecule has 0 bridgehead atoms. The maximum Gasteiger partial charge on any atom is 0.205 e. The lowest BCUT2D eigenvalue weighted by atomic mass is 10.2. The number of allylic oxidation sites excluding steroid dienone is 2. The first-order valence-corrected chi connectivity index (χ1v) is 4.51. The second kappa shape index (κ2) is 3.61. The molecule has 0 saturated heterocycles. The zero-order chi connectivity index (χ0) is 10.8. The quantitative estimate of drug-likeness (QED) is 0.543. The Labute approximate surface area is 86.5 Å². The maximum atomic E-state index is 11.6. The Kier molecular flexibility index (Phi) is 2.29. The van der Waals surface area contributed by atoms with Crippen LogP contribution in [0.5, 0.6) is 0 Å². The van der Waals surface area contributed by atoms with Gasteiger partial charge >= 0.3 is 0 Å². The second-order valence-corrected chi connectivity index (χ2v) is 3.45. The number of hydrogen-bond donors (Lipinski definition) is 0. The first kappa shape index (κ1) is 9.51. The predicted molar refractivity (Wildman–Crippen MR) is 54.5 cm³/mol. The summed E-state index contributed by atoms with van der Waals surface area (Å²) in [5.41, 5.74) is 1.97. The van der Waals surface area contributed by atoms with Crippen LogP contribution in [0.3, 0.4) is 0 Å². The van der Waals surface area contributed by atoms with Gasteiger partial charge < -0.3 is 0 Å². The van der Waals surface area contributed by atoms with Crippen LogP contribution in [0, 0.1) is 0 Å². The third-order valence-corrected chi connectivity index (χ3v) is 1.85. The van der Waals surface area contributed by atoms with Crippen LogP contribution < -0.4 is 0 Å². The van der Waals surface area contributed by atoms with E-state index in [1.54, 1.807) is 16.7 Å². The molecular weight excluding hydrogens is 192 g/mol. The third kappa shape index (κ3) is 1.90. The minimum absolute atomic E-state index is 0.106. The first-order valence-electron chi connectivity index (χ1n) is 4.51. The summed E-state index contributed by atoms with van der Waals surface area (Å²) in [6, 6.07) is 0. The van der Waals surface area contributed by atoms with Gasteiger partial charge in [-0.25, -0.2) is 4.98 Å². The van der Waals surface area contributed by atoms with Gasteiger partial charge in [0.25, 0.3) is 0 Å². The summed E-state index contributed by atoms with van der Waals surface area (Å²) in [7, 11) is 0. The summed E-state index contributed by atoms with van der Waals surface area (Å²) >= 11 is 0. The topological polar surface area (TPSA) is 60.2 Å². The molecule has 2 aromatic heterocycles. The highest BCUT2D eigenvalue weighted by molar-refractivity contribution is 6.03. The molecule has 15 heavy (non-hydrogen) atoms. The minimum atomic E-state index is -0.106. The maximum absolute atomic E-state index is 11.6. The molecule has 0 spiro atoms. The van der Waals surface area contributed by atoms with Gasteiger partial charge in [0.15, 0.2) is 5.65 Å².